The van der Waals surface area contributed by atoms with Crippen molar-refractivity contribution >= 4 is 11.6 Å². The molecule has 0 aliphatic heterocycles. The molecule has 18 heavy (non-hydrogen) atoms. The molecule has 1 heterocycles. The average Bonchev–Trinajstić information content (AvgIpc) is 2.68. The molecule has 1 aromatic heterocycles. The molecule has 1 aliphatic carbocycles. The van der Waals surface area contributed by atoms with Gasteiger partial charge in [0.05, 0.1) is 5.69 Å². The molecule has 0 saturated carbocycles. The van der Waals surface area contributed by atoms with E-state index in [0.717, 1.165) is 35.7 Å². The van der Waals surface area contributed by atoms with E-state index in [1.54, 1.807) is 0 Å². The second kappa shape index (κ2) is 4.35. The van der Waals surface area contributed by atoms with Crippen LogP contribution in [0.25, 0.3) is 5.69 Å². The molecule has 0 saturated heterocycles. The van der Waals surface area contributed by atoms with Gasteiger partial charge < -0.3 is 0 Å². The lowest BCUT2D eigenvalue weighted by Gasteiger charge is -2.07. The molecule has 1 aromatic carbocycles. The molecule has 0 radical (unpaired) electrons. The molecular weight excluding hydrogens is 258 g/mol. The SMILES string of the molecule is Fc1cc(Cl)ccc1-n1nc2c(c1F)CCCC2. The maximum absolute atomic E-state index is 14.2. The zero-order valence-corrected chi connectivity index (χ0v) is 10.3. The third-order valence-electron chi connectivity index (χ3n) is 3.23. The number of hydrogen-bond donors (Lipinski definition) is 0. The van der Waals surface area contributed by atoms with Crippen LogP contribution in [0.3, 0.4) is 0 Å². The Kier molecular flexibility index (Phi) is 2.82. The van der Waals surface area contributed by atoms with E-state index in [2.05, 4.69) is 5.10 Å². The largest absolute Gasteiger partial charge is 0.219 e. The molecule has 0 unspecified atom stereocenters. The average molecular weight is 269 g/mol. The molecule has 1 aliphatic rings. The summed E-state index contributed by atoms with van der Waals surface area (Å²) in [5, 5.41) is 4.46. The number of fused-ring (bicyclic) bond motifs is 1. The van der Waals surface area contributed by atoms with E-state index < -0.39 is 11.8 Å². The number of aryl methyl sites for hydroxylation is 1. The molecule has 2 nitrogen and oxygen atoms in total. The van der Waals surface area contributed by atoms with Crippen molar-refractivity contribution in [3.63, 3.8) is 0 Å². The Morgan fingerprint density at radius 1 is 1.17 bits per heavy atom. The Balaban J connectivity index is 2.14. The highest BCUT2D eigenvalue weighted by Crippen LogP contribution is 2.26. The Labute approximate surface area is 108 Å². The van der Waals surface area contributed by atoms with Gasteiger partial charge in [0.15, 0.2) is 0 Å². The summed E-state index contributed by atoms with van der Waals surface area (Å²) >= 11 is 5.68. The highest BCUT2D eigenvalue weighted by molar-refractivity contribution is 6.30. The summed E-state index contributed by atoms with van der Waals surface area (Å²) in [6.45, 7) is 0. The van der Waals surface area contributed by atoms with E-state index in [0.29, 0.717) is 12.0 Å². The monoisotopic (exact) mass is 268 g/mol. The number of nitrogens with zero attached hydrogens (tertiary/aromatic N) is 2. The van der Waals surface area contributed by atoms with Crippen LogP contribution in [-0.2, 0) is 12.8 Å². The predicted octanol–water partition coefficient (Wildman–Crippen LogP) is 3.68. The van der Waals surface area contributed by atoms with E-state index in [4.69, 9.17) is 11.6 Å². The molecule has 0 atom stereocenters. The quantitative estimate of drug-likeness (QED) is 0.771. The summed E-state index contributed by atoms with van der Waals surface area (Å²) in [6.07, 6.45) is 3.40. The van der Waals surface area contributed by atoms with Gasteiger partial charge in [-0.15, -0.1) is 0 Å². The van der Waals surface area contributed by atoms with Gasteiger partial charge in [-0.25, -0.2) is 9.07 Å². The van der Waals surface area contributed by atoms with Crippen LogP contribution in [-0.4, -0.2) is 9.78 Å². The zero-order valence-electron chi connectivity index (χ0n) is 9.59. The normalized spacial score (nSPS) is 14.6. The van der Waals surface area contributed by atoms with Crippen LogP contribution in [0.2, 0.25) is 5.02 Å². The predicted molar refractivity (Wildman–Crippen MR) is 65.1 cm³/mol. The van der Waals surface area contributed by atoms with Crippen molar-refractivity contribution in [3.05, 3.63) is 46.2 Å². The van der Waals surface area contributed by atoms with E-state index in [1.165, 1.54) is 12.1 Å². The number of hydrogen-bond acceptors (Lipinski definition) is 1. The lowest BCUT2D eigenvalue weighted by molar-refractivity contribution is 0.510. The topological polar surface area (TPSA) is 17.8 Å². The van der Waals surface area contributed by atoms with Gasteiger partial charge in [0.2, 0.25) is 5.95 Å². The molecule has 94 valence electrons. The van der Waals surface area contributed by atoms with Crippen LogP contribution in [0, 0.1) is 11.8 Å². The number of aromatic nitrogens is 2. The summed E-state index contributed by atoms with van der Waals surface area (Å²) < 4.78 is 29.0. The van der Waals surface area contributed by atoms with E-state index in [9.17, 15) is 8.78 Å². The third-order valence-corrected chi connectivity index (χ3v) is 3.47. The minimum absolute atomic E-state index is 0.103. The van der Waals surface area contributed by atoms with Crippen LogP contribution in [0.4, 0.5) is 8.78 Å². The lowest BCUT2D eigenvalue weighted by Crippen LogP contribution is -2.03. The number of benzene rings is 1. The van der Waals surface area contributed by atoms with Crippen LogP contribution in [0.1, 0.15) is 24.1 Å². The van der Waals surface area contributed by atoms with Gasteiger partial charge in [-0.3, -0.25) is 0 Å². The second-order valence-electron chi connectivity index (χ2n) is 4.43. The minimum atomic E-state index is -0.568. The molecule has 2 aromatic rings. The van der Waals surface area contributed by atoms with Crippen LogP contribution in [0.5, 0.6) is 0 Å². The molecule has 0 amide bonds. The van der Waals surface area contributed by atoms with Crippen molar-refractivity contribution < 1.29 is 8.78 Å². The number of rotatable bonds is 1. The Morgan fingerprint density at radius 3 is 2.67 bits per heavy atom. The molecule has 3 rings (SSSR count). The van der Waals surface area contributed by atoms with Gasteiger partial charge in [-0.05, 0) is 43.9 Å². The van der Waals surface area contributed by atoms with Gasteiger partial charge in [-0.1, -0.05) is 11.6 Å². The fourth-order valence-electron chi connectivity index (χ4n) is 2.33. The molecule has 0 N–H and O–H groups in total. The van der Waals surface area contributed by atoms with Gasteiger partial charge >= 0.3 is 0 Å². The van der Waals surface area contributed by atoms with E-state index >= 15 is 0 Å². The van der Waals surface area contributed by atoms with Crippen LogP contribution < -0.4 is 0 Å². The Hall–Kier alpha value is -1.42. The molecule has 0 fully saturated rings. The summed E-state index contributed by atoms with van der Waals surface area (Å²) in [5.74, 6) is -1.02. The van der Waals surface area contributed by atoms with Crippen LogP contribution in [0.15, 0.2) is 18.2 Å². The fraction of sp³-hybridized carbons (Fsp3) is 0.308. The summed E-state index contributed by atoms with van der Waals surface area (Å²) in [4.78, 5) is 0. The second-order valence-corrected chi connectivity index (χ2v) is 4.87. The highest BCUT2D eigenvalue weighted by atomic mass is 35.5. The first-order valence-electron chi connectivity index (χ1n) is 5.88. The molecule has 0 spiro atoms. The first-order chi connectivity index (χ1) is 8.66. The molecule has 5 heteroatoms. The third kappa shape index (κ3) is 1.81. The van der Waals surface area contributed by atoms with E-state index in [1.807, 2.05) is 0 Å². The smallest absolute Gasteiger partial charge is 0.205 e. The fourth-order valence-corrected chi connectivity index (χ4v) is 2.49. The van der Waals surface area contributed by atoms with Gasteiger partial charge in [-0.2, -0.15) is 9.49 Å². The van der Waals surface area contributed by atoms with Gasteiger partial charge in [0.1, 0.15) is 11.5 Å². The maximum atomic E-state index is 14.2. The van der Waals surface area contributed by atoms with Crippen LogP contribution >= 0.6 is 11.6 Å². The first-order valence-corrected chi connectivity index (χ1v) is 6.26. The summed E-state index contributed by atoms with van der Waals surface area (Å²) in [7, 11) is 0. The van der Waals surface area contributed by atoms with Crippen molar-refractivity contribution in [2.24, 2.45) is 0 Å². The highest BCUT2D eigenvalue weighted by Gasteiger charge is 2.22. The number of halogens is 3. The van der Waals surface area contributed by atoms with Crippen molar-refractivity contribution in [2.45, 2.75) is 25.7 Å². The zero-order chi connectivity index (χ0) is 12.7. The minimum Gasteiger partial charge on any atom is -0.205 e. The van der Waals surface area contributed by atoms with Gasteiger partial charge in [0, 0.05) is 10.6 Å². The van der Waals surface area contributed by atoms with Gasteiger partial charge in [0.25, 0.3) is 0 Å². The van der Waals surface area contributed by atoms with E-state index in [-0.39, 0.29) is 10.7 Å². The van der Waals surface area contributed by atoms with Crippen molar-refractivity contribution in [1.29, 1.82) is 0 Å². The maximum Gasteiger partial charge on any atom is 0.219 e. The standard InChI is InChI=1S/C13H11ClF2N2/c14-8-5-6-12(10(15)7-8)18-13(16)9-3-1-2-4-11(9)17-18/h5-7H,1-4H2. The summed E-state index contributed by atoms with van der Waals surface area (Å²) in [6, 6.07) is 4.14. The molecular formula is C13H11ClF2N2. The first kappa shape index (κ1) is 11.7. The molecule has 0 bridgehead atoms. The van der Waals surface area contributed by atoms with Crippen molar-refractivity contribution in [3.8, 4) is 5.69 Å². The van der Waals surface area contributed by atoms with Crippen molar-refractivity contribution in [2.75, 3.05) is 0 Å². The Morgan fingerprint density at radius 2 is 1.94 bits per heavy atom. The lowest BCUT2D eigenvalue weighted by atomic mass is 9.98. The Bertz CT molecular complexity index is 607. The summed E-state index contributed by atoms with van der Waals surface area (Å²) in [5.41, 5.74) is 1.47. The van der Waals surface area contributed by atoms with Crippen molar-refractivity contribution in [1.82, 2.24) is 9.78 Å².